The maximum absolute atomic E-state index is 12.6. The van der Waals surface area contributed by atoms with Crippen LogP contribution in [0.1, 0.15) is 16.7 Å². The second-order valence-electron chi connectivity index (χ2n) is 4.06. The van der Waals surface area contributed by atoms with E-state index in [9.17, 15) is 13.2 Å². The first kappa shape index (κ1) is 13.7. The third-order valence-electron chi connectivity index (χ3n) is 2.73. The van der Waals surface area contributed by atoms with Crippen LogP contribution in [0.5, 0.6) is 0 Å². The minimum atomic E-state index is -4.35. The minimum absolute atomic E-state index is 0.442. The van der Waals surface area contributed by atoms with Crippen molar-refractivity contribution in [3.8, 4) is 0 Å². The van der Waals surface area contributed by atoms with Gasteiger partial charge >= 0.3 is 6.18 Å². The van der Waals surface area contributed by atoms with Gasteiger partial charge in [-0.15, -0.1) is 0 Å². The van der Waals surface area contributed by atoms with Gasteiger partial charge in [0.1, 0.15) is 0 Å². The summed E-state index contributed by atoms with van der Waals surface area (Å²) >= 11 is 5.77. The molecular weight excluding hydrogens is 273 g/mol. The first-order chi connectivity index (χ1) is 8.88. The average molecular weight is 283 g/mol. The molecular formula is C15H10ClF3. The van der Waals surface area contributed by atoms with Crippen molar-refractivity contribution in [1.82, 2.24) is 0 Å². The van der Waals surface area contributed by atoms with Crippen molar-refractivity contribution in [1.29, 1.82) is 0 Å². The highest BCUT2D eigenvalue weighted by molar-refractivity contribution is 6.30. The standard InChI is InChI=1S/C15H10ClF3/c1-10(11-5-7-14(16)8-6-11)12-3-2-4-13(9-12)15(17,18)19/h2-9H,1H2. The molecule has 98 valence electrons. The fraction of sp³-hybridized carbons (Fsp3) is 0.0667. The zero-order valence-corrected chi connectivity index (χ0v) is 10.6. The summed E-state index contributed by atoms with van der Waals surface area (Å²) in [5, 5.41) is 0.570. The summed E-state index contributed by atoms with van der Waals surface area (Å²) < 4.78 is 37.9. The molecule has 0 radical (unpaired) electrons. The van der Waals surface area contributed by atoms with Crippen LogP contribution in [0.15, 0.2) is 55.1 Å². The Labute approximate surface area is 114 Å². The summed E-state index contributed by atoms with van der Waals surface area (Å²) in [5.41, 5.74) is 1.03. The van der Waals surface area contributed by atoms with E-state index in [-0.39, 0.29) is 0 Å². The van der Waals surface area contributed by atoms with Gasteiger partial charge in [0.15, 0.2) is 0 Å². The summed E-state index contributed by atoms with van der Waals surface area (Å²) in [6.45, 7) is 3.84. The van der Waals surface area contributed by atoms with E-state index < -0.39 is 11.7 Å². The van der Waals surface area contributed by atoms with Crippen molar-refractivity contribution in [3.63, 3.8) is 0 Å². The molecule has 0 unspecified atom stereocenters. The van der Waals surface area contributed by atoms with E-state index in [2.05, 4.69) is 6.58 Å². The molecule has 0 aliphatic heterocycles. The number of benzene rings is 2. The van der Waals surface area contributed by atoms with Crippen molar-refractivity contribution < 1.29 is 13.2 Å². The Balaban J connectivity index is 2.37. The monoisotopic (exact) mass is 282 g/mol. The summed E-state index contributed by atoms with van der Waals surface area (Å²) in [4.78, 5) is 0. The van der Waals surface area contributed by atoms with Crippen LogP contribution in [-0.4, -0.2) is 0 Å². The highest BCUT2D eigenvalue weighted by Gasteiger charge is 2.30. The lowest BCUT2D eigenvalue weighted by Crippen LogP contribution is -2.05. The van der Waals surface area contributed by atoms with Crippen LogP contribution in [0, 0.1) is 0 Å². The molecule has 2 aromatic carbocycles. The van der Waals surface area contributed by atoms with Crippen molar-refractivity contribution >= 4 is 17.2 Å². The predicted molar refractivity (Wildman–Crippen MR) is 71.0 cm³/mol. The minimum Gasteiger partial charge on any atom is -0.166 e. The molecule has 0 atom stereocenters. The van der Waals surface area contributed by atoms with Crippen LogP contribution < -0.4 is 0 Å². The molecule has 0 nitrogen and oxygen atoms in total. The molecule has 0 N–H and O–H groups in total. The van der Waals surface area contributed by atoms with Crippen molar-refractivity contribution in [2.24, 2.45) is 0 Å². The van der Waals surface area contributed by atoms with Gasteiger partial charge in [-0.2, -0.15) is 13.2 Å². The van der Waals surface area contributed by atoms with Crippen LogP contribution in [0.4, 0.5) is 13.2 Å². The molecule has 0 bridgehead atoms. The molecule has 0 saturated heterocycles. The number of rotatable bonds is 2. The van der Waals surface area contributed by atoms with Crippen LogP contribution >= 0.6 is 11.6 Å². The lowest BCUT2D eigenvalue weighted by molar-refractivity contribution is -0.137. The highest BCUT2D eigenvalue weighted by Crippen LogP contribution is 2.32. The van der Waals surface area contributed by atoms with E-state index >= 15 is 0 Å². The van der Waals surface area contributed by atoms with Crippen molar-refractivity contribution in [3.05, 3.63) is 76.8 Å². The molecule has 4 heteroatoms. The molecule has 0 spiro atoms. The smallest absolute Gasteiger partial charge is 0.166 e. The molecule has 0 aliphatic carbocycles. The van der Waals surface area contributed by atoms with Gasteiger partial charge in [0.25, 0.3) is 0 Å². The van der Waals surface area contributed by atoms with Crippen LogP contribution in [-0.2, 0) is 6.18 Å². The average Bonchev–Trinajstić information content (AvgIpc) is 2.38. The molecule has 0 aromatic heterocycles. The molecule has 2 aromatic rings. The fourth-order valence-electron chi connectivity index (χ4n) is 1.70. The molecule has 0 saturated carbocycles. The predicted octanol–water partition coefficient (Wildman–Crippen LogP) is 5.42. The van der Waals surface area contributed by atoms with Crippen LogP contribution in [0.2, 0.25) is 5.02 Å². The van der Waals surface area contributed by atoms with E-state index in [4.69, 9.17) is 11.6 Å². The van der Waals surface area contributed by atoms with Gasteiger partial charge in [-0.05, 0) is 41.0 Å². The Morgan fingerprint density at radius 3 is 2.16 bits per heavy atom. The maximum Gasteiger partial charge on any atom is 0.416 e. The Morgan fingerprint density at radius 2 is 1.58 bits per heavy atom. The number of hydrogen-bond donors (Lipinski definition) is 0. The lowest BCUT2D eigenvalue weighted by Gasteiger charge is -2.11. The zero-order chi connectivity index (χ0) is 14.0. The molecule has 0 heterocycles. The highest BCUT2D eigenvalue weighted by atomic mass is 35.5. The van der Waals surface area contributed by atoms with E-state index in [0.717, 1.165) is 17.7 Å². The van der Waals surface area contributed by atoms with Crippen LogP contribution in [0.3, 0.4) is 0 Å². The van der Waals surface area contributed by atoms with Crippen molar-refractivity contribution in [2.45, 2.75) is 6.18 Å². The zero-order valence-electron chi connectivity index (χ0n) is 9.84. The fourth-order valence-corrected chi connectivity index (χ4v) is 1.83. The molecule has 19 heavy (non-hydrogen) atoms. The summed E-state index contributed by atoms with van der Waals surface area (Å²) in [7, 11) is 0. The first-order valence-corrected chi connectivity index (χ1v) is 5.88. The Morgan fingerprint density at radius 1 is 0.947 bits per heavy atom. The first-order valence-electron chi connectivity index (χ1n) is 5.50. The van der Waals surface area contributed by atoms with E-state index in [1.807, 2.05) is 0 Å². The van der Waals surface area contributed by atoms with E-state index in [0.29, 0.717) is 16.2 Å². The second kappa shape index (κ2) is 5.10. The quantitative estimate of drug-likeness (QED) is 0.690. The van der Waals surface area contributed by atoms with Crippen LogP contribution in [0.25, 0.3) is 5.57 Å². The van der Waals surface area contributed by atoms with Gasteiger partial charge in [0.2, 0.25) is 0 Å². The molecule has 2 rings (SSSR count). The summed E-state index contributed by atoms with van der Waals surface area (Å²) in [6.07, 6.45) is -4.35. The largest absolute Gasteiger partial charge is 0.416 e. The normalized spacial score (nSPS) is 11.4. The van der Waals surface area contributed by atoms with Gasteiger partial charge in [0, 0.05) is 5.02 Å². The van der Waals surface area contributed by atoms with Gasteiger partial charge < -0.3 is 0 Å². The third-order valence-corrected chi connectivity index (χ3v) is 2.98. The second-order valence-corrected chi connectivity index (χ2v) is 4.50. The van der Waals surface area contributed by atoms with Gasteiger partial charge in [-0.3, -0.25) is 0 Å². The SMILES string of the molecule is C=C(c1ccc(Cl)cc1)c1cccc(C(F)(F)F)c1. The molecule has 0 aliphatic rings. The Kier molecular flexibility index (Phi) is 3.67. The number of alkyl halides is 3. The molecule has 0 fully saturated rings. The maximum atomic E-state index is 12.6. The Hall–Kier alpha value is -1.74. The summed E-state index contributed by atoms with van der Waals surface area (Å²) in [6, 6.07) is 11.9. The summed E-state index contributed by atoms with van der Waals surface area (Å²) in [5.74, 6) is 0. The lowest BCUT2D eigenvalue weighted by atomic mass is 9.98. The molecule has 0 amide bonds. The Bertz CT molecular complexity index is 598. The topological polar surface area (TPSA) is 0 Å². The van der Waals surface area contributed by atoms with E-state index in [1.165, 1.54) is 6.07 Å². The third kappa shape index (κ3) is 3.18. The number of hydrogen-bond acceptors (Lipinski definition) is 0. The van der Waals surface area contributed by atoms with Gasteiger partial charge in [-0.1, -0.05) is 42.4 Å². The van der Waals surface area contributed by atoms with Gasteiger partial charge in [0.05, 0.1) is 5.56 Å². The number of halogens is 4. The van der Waals surface area contributed by atoms with E-state index in [1.54, 1.807) is 30.3 Å². The van der Waals surface area contributed by atoms with Crippen molar-refractivity contribution in [2.75, 3.05) is 0 Å². The van der Waals surface area contributed by atoms with Gasteiger partial charge in [-0.25, -0.2) is 0 Å².